The number of sulfonamides is 1. The van der Waals surface area contributed by atoms with E-state index in [2.05, 4.69) is 5.32 Å². The van der Waals surface area contributed by atoms with Crippen LogP contribution >= 0.6 is 11.6 Å². The van der Waals surface area contributed by atoms with Crippen LogP contribution in [0.4, 0.5) is 10.1 Å². The minimum atomic E-state index is -4.34. The number of aryl methyl sites for hydroxylation is 1. The van der Waals surface area contributed by atoms with Crippen molar-refractivity contribution < 1.29 is 22.4 Å². The van der Waals surface area contributed by atoms with Crippen molar-refractivity contribution in [1.29, 1.82) is 0 Å². The first kappa shape index (κ1) is 31.1. The fourth-order valence-corrected chi connectivity index (χ4v) is 5.76. The third kappa shape index (κ3) is 7.82. The van der Waals surface area contributed by atoms with Crippen molar-refractivity contribution in [2.24, 2.45) is 0 Å². The summed E-state index contributed by atoms with van der Waals surface area (Å²) in [5.41, 5.74) is 1.29. The van der Waals surface area contributed by atoms with Crippen molar-refractivity contribution >= 4 is 39.1 Å². The molecule has 3 aromatic rings. The molecular formula is C30H35ClFN3O4S. The number of nitrogens with zero attached hydrogens (tertiary/aromatic N) is 2. The maximum absolute atomic E-state index is 15.0. The number of amides is 2. The van der Waals surface area contributed by atoms with E-state index in [0.717, 1.165) is 28.8 Å². The van der Waals surface area contributed by atoms with Crippen LogP contribution in [0.25, 0.3) is 0 Å². The smallest absolute Gasteiger partial charge is 0.264 e. The Morgan fingerprint density at radius 3 is 2.23 bits per heavy atom. The van der Waals surface area contributed by atoms with E-state index < -0.39 is 34.3 Å². The molecule has 40 heavy (non-hydrogen) atoms. The number of nitrogens with one attached hydrogen (secondary N) is 1. The van der Waals surface area contributed by atoms with Gasteiger partial charge in [0.1, 0.15) is 18.4 Å². The van der Waals surface area contributed by atoms with Gasteiger partial charge in [-0.25, -0.2) is 12.8 Å². The first-order chi connectivity index (χ1) is 19.1. The molecule has 0 aliphatic heterocycles. The maximum atomic E-state index is 15.0. The second-order valence-corrected chi connectivity index (χ2v) is 11.8. The molecule has 0 aliphatic carbocycles. The summed E-state index contributed by atoms with van der Waals surface area (Å²) in [5.74, 6) is -1.77. The highest BCUT2D eigenvalue weighted by atomic mass is 35.5. The average molecular weight is 588 g/mol. The molecule has 0 unspecified atom stereocenters. The molecule has 214 valence electrons. The van der Waals surface area contributed by atoms with Gasteiger partial charge in [-0.15, -0.1) is 0 Å². The summed E-state index contributed by atoms with van der Waals surface area (Å²) in [6.45, 7) is 5.39. The van der Waals surface area contributed by atoms with Crippen molar-refractivity contribution in [3.63, 3.8) is 0 Å². The van der Waals surface area contributed by atoms with E-state index in [1.807, 2.05) is 13.8 Å². The number of anilines is 1. The van der Waals surface area contributed by atoms with Gasteiger partial charge in [-0.1, -0.05) is 73.8 Å². The highest BCUT2D eigenvalue weighted by Crippen LogP contribution is 2.27. The molecule has 2 amide bonds. The lowest BCUT2D eigenvalue weighted by atomic mass is 10.1. The highest BCUT2D eigenvalue weighted by molar-refractivity contribution is 7.92. The van der Waals surface area contributed by atoms with Gasteiger partial charge < -0.3 is 10.2 Å². The van der Waals surface area contributed by atoms with Gasteiger partial charge in [0.05, 0.1) is 10.6 Å². The number of unbranched alkanes of at least 4 members (excludes halogenated alkanes) is 1. The molecule has 0 aromatic heterocycles. The third-order valence-corrected chi connectivity index (χ3v) is 8.52. The number of halogens is 2. The maximum Gasteiger partial charge on any atom is 0.264 e. The Bertz CT molecular complexity index is 1400. The van der Waals surface area contributed by atoms with E-state index in [1.165, 1.54) is 35.2 Å². The molecule has 0 fully saturated rings. The predicted molar refractivity (Wildman–Crippen MR) is 156 cm³/mol. The van der Waals surface area contributed by atoms with Gasteiger partial charge >= 0.3 is 0 Å². The number of hydrogen-bond acceptors (Lipinski definition) is 4. The number of para-hydroxylation sites is 1. The predicted octanol–water partition coefficient (Wildman–Crippen LogP) is 5.71. The Hall–Kier alpha value is -3.43. The third-order valence-electron chi connectivity index (χ3n) is 6.49. The van der Waals surface area contributed by atoms with E-state index in [0.29, 0.717) is 23.6 Å². The van der Waals surface area contributed by atoms with E-state index in [1.54, 1.807) is 43.3 Å². The molecule has 10 heteroatoms. The summed E-state index contributed by atoms with van der Waals surface area (Å²) in [6.07, 6.45) is 1.96. The van der Waals surface area contributed by atoms with Gasteiger partial charge in [-0.3, -0.25) is 13.9 Å². The molecule has 0 spiro atoms. The Labute approximate surface area is 241 Å². The normalized spacial score (nSPS) is 12.0. The van der Waals surface area contributed by atoms with Crippen molar-refractivity contribution in [3.05, 3.63) is 94.8 Å². The number of hydrogen-bond donors (Lipinski definition) is 1. The zero-order valence-electron chi connectivity index (χ0n) is 22.9. The van der Waals surface area contributed by atoms with Gasteiger partial charge in [0.2, 0.25) is 11.8 Å². The molecule has 3 aromatic carbocycles. The van der Waals surface area contributed by atoms with Crippen LogP contribution in [0.5, 0.6) is 0 Å². The molecule has 1 N–H and O–H groups in total. The van der Waals surface area contributed by atoms with Crippen molar-refractivity contribution in [3.8, 4) is 0 Å². The van der Waals surface area contributed by atoms with Crippen molar-refractivity contribution in [1.82, 2.24) is 10.2 Å². The lowest BCUT2D eigenvalue weighted by Crippen LogP contribution is -2.52. The Morgan fingerprint density at radius 1 is 0.975 bits per heavy atom. The van der Waals surface area contributed by atoms with Crippen molar-refractivity contribution in [2.45, 2.75) is 57.5 Å². The second-order valence-electron chi connectivity index (χ2n) is 9.49. The standard InChI is InChI=1S/C30H35ClFN3O4S/c1-4-6-19-33-30(37)27(5-2)34(20-23-13-15-24(31)16-14-23)29(36)21-35(28-10-8-7-9-26(28)32)40(38,39)25-17-11-22(3)12-18-25/h7-18,27H,4-6,19-21H2,1-3H3,(H,33,37)/t27-/m0/s1. The molecule has 0 saturated carbocycles. The van der Waals surface area contributed by atoms with Crippen LogP contribution in [-0.4, -0.2) is 44.3 Å². The summed E-state index contributed by atoms with van der Waals surface area (Å²) in [6, 6.07) is 17.5. The largest absolute Gasteiger partial charge is 0.354 e. The number of carbonyl (C=O) groups excluding carboxylic acids is 2. The molecule has 0 heterocycles. The number of rotatable bonds is 13. The summed E-state index contributed by atoms with van der Waals surface area (Å²) in [7, 11) is -4.34. The van der Waals surface area contributed by atoms with E-state index in [-0.39, 0.29) is 23.0 Å². The number of benzene rings is 3. The van der Waals surface area contributed by atoms with Crippen LogP contribution in [-0.2, 0) is 26.2 Å². The summed E-state index contributed by atoms with van der Waals surface area (Å²) < 4.78 is 43.4. The number of carbonyl (C=O) groups is 2. The van der Waals surface area contributed by atoms with Gasteiger partial charge in [0.15, 0.2) is 0 Å². The minimum absolute atomic E-state index is 0.0331. The molecule has 0 bridgehead atoms. The quantitative estimate of drug-likeness (QED) is 0.260. The van der Waals surface area contributed by atoms with Gasteiger partial charge in [-0.05, 0) is 61.7 Å². The van der Waals surface area contributed by atoms with Crippen LogP contribution in [0, 0.1) is 12.7 Å². The Balaban J connectivity index is 2.04. The minimum Gasteiger partial charge on any atom is -0.354 e. The van der Waals surface area contributed by atoms with Gasteiger partial charge in [0.25, 0.3) is 10.0 Å². The molecule has 0 radical (unpaired) electrons. The van der Waals surface area contributed by atoms with E-state index in [9.17, 15) is 18.0 Å². The Morgan fingerprint density at radius 2 is 1.62 bits per heavy atom. The van der Waals surface area contributed by atoms with Gasteiger partial charge in [0, 0.05) is 18.1 Å². The highest BCUT2D eigenvalue weighted by Gasteiger charge is 2.34. The van der Waals surface area contributed by atoms with E-state index in [4.69, 9.17) is 11.6 Å². The first-order valence-corrected chi connectivity index (χ1v) is 15.1. The Kier molecular flexibility index (Phi) is 11.1. The lowest BCUT2D eigenvalue weighted by molar-refractivity contribution is -0.140. The monoisotopic (exact) mass is 587 g/mol. The molecule has 7 nitrogen and oxygen atoms in total. The topological polar surface area (TPSA) is 86.8 Å². The van der Waals surface area contributed by atoms with Gasteiger partial charge in [-0.2, -0.15) is 0 Å². The van der Waals surface area contributed by atoms with Crippen LogP contribution in [0.2, 0.25) is 5.02 Å². The SMILES string of the molecule is CCCCNC(=O)[C@H](CC)N(Cc1ccc(Cl)cc1)C(=O)CN(c1ccccc1F)S(=O)(=O)c1ccc(C)cc1. The fourth-order valence-electron chi connectivity index (χ4n) is 4.22. The molecule has 1 atom stereocenters. The van der Waals surface area contributed by atoms with Crippen LogP contribution in [0.1, 0.15) is 44.2 Å². The van der Waals surface area contributed by atoms with Crippen molar-refractivity contribution in [2.75, 3.05) is 17.4 Å². The fraction of sp³-hybridized carbons (Fsp3) is 0.333. The molecule has 0 saturated heterocycles. The first-order valence-electron chi connectivity index (χ1n) is 13.2. The average Bonchev–Trinajstić information content (AvgIpc) is 2.93. The summed E-state index contributed by atoms with van der Waals surface area (Å²) in [5, 5.41) is 3.39. The lowest BCUT2D eigenvalue weighted by Gasteiger charge is -2.33. The summed E-state index contributed by atoms with van der Waals surface area (Å²) in [4.78, 5) is 28.4. The zero-order valence-corrected chi connectivity index (χ0v) is 24.5. The summed E-state index contributed by atoms with van der Waals surface area (Å²) >= 11 is 6.04. The van der Waals surface area contributed by atoms with Crippen LogP contribution < -0.4 is 9.62 Å². The zero-order chi connectivity index (χ0) is 29.3. The van der Waals surface area contributed by atoms with Crippen LogP contribution in [0.3, 0.4) is 0 Å². The molecule has 3 rings (SSSR count). The molecular weight excluding hydrogens is 553 g/mol. The second kappa shape index (κ2) is 14.3. The van der Waals surface area contributed by atoms with Crippen LogP contribution in [0.15, 0.2) is 77.7 Å². The van der Waals surface area contributed by atoms with E-state index >= 15 is 4.39 Å². The molecule has 0 aliphatic rings.